The van der Waals surface area contributed by atoms with Crippen LogP contribution in [0.5, 0.6) is 52.3 Å². The summed E-state index contributed by atoms with van der Waals surface area (Å²) in [7, 11) is 0. The zero-order valence-corrected chi connectivity index (χ0v) is 88.4. The van der Waals surface area contributed by atoms with E-state index in [-0.39, 0.29) is 50.5 Å². The number of ether oxygens (including phenoxy) is 4. The molecule has 0 aliphatic rings. The third-order valence-electron chi connectivity index (χ3n) is 15.3. The van der Waals surface area contributed by atoms with Crippen LogP contribution in [0.15, 0.2) is 365 Å². The monoisotopic (exact) mass is 2020 g/mol. The number of nitrogens with zero attached hydrogens (tertiary/aromatic N) is 13. The van der Waals surface area contributed by atoms with Crippen LogP contribution in [0.4, 0.5) is 63.3 Å². The second-order valence-corrected chi connectivity index (χ2v) is 25.2. The normalized spacial score (nSPS) is 8.78. The Balaban J connectivity index is -0.00000158. The fourth-order valence-electron chi connectivity index (χ4n) is 9.54. The number of rotatable bonds is 21. The molecule has 766 valence electrons. The van der Waals surface area contributed by atoms with Crippen LogP contribution in [0.2, 0.25) is 15.7 Å². The summed E-state index contributed by atoms with van der Waals surface area (Å²) in [5.74, 6) is 4.42. The van der Waals surface area contributed by atoms with Crippen LogP contribution in [0.25, 0.3) is 0 Å². The molecular formula is C111H139Cl3N18O12. The number of halogens is 3. The predicted molar refractivity (Wildman–Crippen MR) is 594 cm³/mol. The average Bonchev–Trinajstić information content (AvgIpc) is 0.841. The van der Waals surface area contributed by atoms with Gasteiger partial charge in [0.15, 0.2) is 0 Å². The minimum Gasteiger partial charge on any atom is -0.508 e. The molecule has 33 heteroatoms. The summed E-state index contributed by atoms with van der Waals surface area (Å²) in [5, 5.41) is 49.4. The van der Waals surface area contributed by atoms with Gasteiger partial charge < -0.3 is 51.5 Å². The quantitative estimate of drug-likeness (QED) is 0.00971. The van der Waals surface area contributed by atoms with E-state index in [2.05, 4.69) is 90.1 Å². The van der Waals surface area contributed by atoms with Gasteiger partial charge in [-0.3, -0.25) is 35.1 Å². The second-order valence-electron chi connectivity index (χ2n) is 24.2. The first-order valence-corrected chi connectivity index (χ1v) is 48.5. The third-order valence-corrected chi connectivity index (χ3v) is 15.9. The molecule has 8 N–H and O–H groups in total. The molecular weight excluding hydrogens is 1880 g/mol. The lowest BCUT2D eigenvalue weighted by atomic mass is 10.1. The van der Waals surface area contributed by atoms with Crippen LogP contribution >= 0.6 is 34.8 Å². The number of aromatic hydroxyl groups is 1. The summed E-state index contributed by atoms with van der Waals surface area (Å²) < 4.78 is 22.5. The molecule has 0 bridgehead atoms. The molecule has 144 heavy (non-hydrogen) atoms. The molecule has 5 aromatic heterocycles. The molecule has 0 saturated carbocycles. The average molecular weight is 2020 g/mol. The highest BCUT2D eigenvalue weighted by Crippen LogP contribution is 2.33. The molecule has 0 aliphatic heterocycles. The number of nitrogen functional groups attached to an aromatic ring is 2. The standard InChI is InChI=1S/C24H21N3O.C16H12N4O3.C16H14N4O.C10H6ClN3O3.C7H6O.C6H7N.C6H6O.C4HCl2N3O2.11C2H6/c1-4-10-19(11-5-1)16-17-20-18-25-24(26-21-12-6-2-7-13-21)27-23(20)28-22-14-8-3-9-15-22;21-20(22)14-11-17-16(18-12-7-3-1-4-8-12)19-15(14)23-13-9-5-2-6-10-13;17-14-11-18-16(19-12-7-3-1-4-8-12)20-15(14)21-13-9-5-2-6-10-13;11-10-12-6-8(14(15)16)9(13-10)17-7-4-2-1-3-5-7;8-6-7-4-2-1-3-5-7;2*7-6-4-2-1-3-5-6;5-3-2(9(10)11)1-7-4(6)8-3;11*1-2/h1-15,18H,16-17H2,(H,25,26,27);1-11H,(H,17,18,19);1-11H,17H2,(H,18,19,20);1-6H;1-6H;1-5H,7H2;1-5,7H;1H;11*1-2H3. The van der Waals surface area contributed by atoms with E-state index in [1.54, 1.807) is 91.0 Å². The number of para-hydroxylation sites is 9. The number of phenolic OH excluding ortho intramolecular Hbond substituents is 1. The molecule has 0 saturated heterocycles. The molecule has 16 aromatic rings. The van der Waals surface area contributed by atoms with Crippen molar-refractivity contribution in [3.05, 3.63) is 427 Å². The first kappa shape index (κ1) is 132. The number of carbonyl (C=O) groups excluding carboxylic acids is 1. The van der Waals surface area contributed by atoms with Gasteiger partial charge in [0.2, 0.25) is 45.3 Å². The Morgan fingerprint density at radius 1 is 0.306 bits per heavy atom. The van der Waals surface area contributed by atoms with Crippen molar-refractivity contribution in [3.63, 3.8) is 0 Å². The zero-order valence-electron chi connectivity index (χ0n) is 86.2. The van der Waals surface area contributed by atoms with Crippen molar-refractivity contribution in [2.24, 2.45) is 0 Å². The van der Waals surface area contributed by atoms with E-state index in [4.69, 9.17) is 70.3 Å². The Labute approximate surface area is 864 Å². The third kappa shape index (κ3) is 57.8. The highest BCUT2D eigenvalue weighted by atomic mass is 35.5. The number of aryl methyl sites for hydroxylation is 2. The Hall–Kier alpha value is -16.4. The first-order valence-electron chi connectivity index (χ1n) is 47.4. The smallest absolute Gasteiger partial charge is 0.349 e. The van der Waals surface area contributed by atoms with Gasteiger partial charge in [-0.25, -0.2) is 24.9 Å². The van der Waals surface area contributed by atoms with Crippen LogP contribution < -0.4 is 46.4 Å². The molecule has 16 rings (SSSR count). The number of carbonyl (C=O) groups is 1. The number of hydrogen-bond acceptors (Lipinski definition) is 27. The van der Waals surface area contributed by atoms with E-state index in [9.17, 15) is 35.1 Å². The van der Waals surface area contributed by atoms with Gasteiger partial charge >= 0.3 is 28.8 Å². The maximum Gasteiger partial charge on any atom is 0.349 e. The maximum absolute atomic E-state index is 11.1. The number of aromatic nitrogens is 10. The van der Waals surface area contributed by atoms with E-state index in [0.29, 0.717) is 52.3 Å². The van der Waals surface area contributed by atoms with E-state index in [1.165, 1.54) is 11.8 Å². The number of anilines is 8. The Bertz CT molecular complexity index is 5810. The topological polar surface area (TPSA) is 421 Å². The van der Waals surface area contributed by atoms with Gasteiger partial charge in [0.1, 0.15) is 59.3 Å². The van der Waals surface area contributed by atoms with Gasteiger partial charge in [0.05, 0.1) is 21.0 Å². The number of benzene rings is 11. The Morgan fingerprint density at radius 2 is 0.569 bits per heavy atom. The summed E-state index contributed by atoms with van der Waals surface area (Å²) in [6.07, 6.45) is 9.00. The molecule has 30 nitrogen and oxygen atoms in total. The van der Waals surface area contributed by atoms with Gasteiger partial charge in [-0.15, -0.1) is 0 Å². The Kier molecular flexibility index (Phi) is 80.5. The minimum atomic E-state index is -0.682. The zero-order chi connectivity index (χ0) is 108. The number of nitrogens with two attached hydrogens (primary N) is 2. The molecule has 11 aromatic carbocycles. The van der Waals surface area contributed by atoms with Crippen LogP contribution in [-0.4, -0.2) is 76.0 Å². The van der Waals surface area contributed by atoms with Crippen molar-refractivity contribution < 1.29 is 43.6 Å². The van der Waals surface area contributed by atoms with E-state index in [0.717, 1.165) is 77.3 Å². The predicted octanol–water partition coefficient (Wildman–Crippen LogP) is 33.3. The number of nitrogens with one attached hydrogen (secondary N) is 3. The van der Waals surface area contributed by atoms with Gasteiger partial charge in [-0.2, -0.15) is 24.9 Å². The highest BCUT2D eigenvalue weighted by molar-refractivity contribution is 6.33. The molecule has 0 unspecified atom stereocenters. The second kappa shape index (κ2) is 88.0. The summed E-state index contributed by atoms with van der Waals surface area (Å²) in [5.41, 5.74) is 17.0. The van der Waals surface area contributed by atoms with Crippen molar-refractivity contribution in [2.45, 2.75) is 165 Å². The van der Waals surface area contributed by atoms with E-state index >= 15 is 0 Å². The SMILES string of the molecule is CC.CC.CC.CC.CC.CC.CC.CC.CC.CC.CC.Nc1ccccc1.Nc1cnc(Nc2ccccc2)nc1Oc1ccccc1.O=Cc1ccccc1.O=[N+]([O-])c1cnc(Cl)nc1Cl.O=[N+]([O-])c1cnc(Cl)nc1Oc1ccccc1.O=[N+]([O-])c1cnc(Nc2ccccc2)nc1Oc1ccccc1.Oc1ccccc1.c1ccc(CCc2cnc(Nc3ccccc3)nc2Oc2ccccc2)cc1. The van der Waals surface area contributed by atoms with Crippen molar-refractivity contribution in [1.29, 1.82) is 0 Å². The number of nitro groups is 3. The van der Waals surface area contributed by atoms with E-state index < -0.39 is 14.8 Å². The van der Waals surface area contributed by atoms with Gasteiger partial charge in [-0.05, 0) is 151 Å². The van der Waals surface area contributed by atoms with Crippen molar-refractivity contribution in [2.75, 3.05) is 27.4 Å². The molecule has 0 atom stereocenters. The summed E-state index contributed by atoms with van der Waals surface area (Å²) in [6.45, 7) is 44.0. The number of hydrogen-bond donors (Lipinski definition) is 6. The van der Waals surface area contributed by atoms with Crippen LogP contribution in [0.3, 0.4) is 0 Å². The van der Waals surface area contributed by atoms with Gasteiger partial charge in [-0.1, -0.05) is 388 Å². The molecule has 0 fully saturated rings. The summed E-state index contributed by atoms with van der Waals surface area (Å²) in [4.78, 5) is 79.7. The van der Waals surface area contributed by atoms with Crippen LogP contribution in [0.1, 0.15) is 174 Å². The summed E-state index contributed by atoms with van der Waals surface area (Å²) >= 11 is 16.2. The fraction of sp³-hybridized carbons (Fsp3) is 0.216. The molecule has 0 radical (unpaired) electrons. The minimum absolute atomic E-state index is 0.110. The molecule has 5 heterocycles. The largest absolute Gasteiger partial charge is 0.508 e. The highest BCUT2D eigenvalue weighted by Gasteiger charge is 2.22. The van der Waals surface area contributed by atoms with Crippen molar-refractivity contribution in [1.82, 2.24) is 49.8 Å². The van der Waals surface area contributed by atoms with Crippen molar-refractivity contribution >= 4 is 104 Å². The molecule has 0 spiro atoms. The molecule has 0 amide bonds. The van der Waals surface area contributed by atoms with Gasteiger partial charge in [0.25, 0.3) is 0 Å². The number of aldehydes is 1. The maximum atomic E-state index is 11.1. The number of phenols is 1. The van der Waals surface area contributed by atoms with Crippen molar-refractivity contribution in [3.8, 4) is 52.3 Å². The lowest BCUT2D eigenvalue weighted by molar-refractivity contribution is -0.386. The lowest BCUT2D eigenvalue weighted by Gasteiger charge is -2.12. The first-order chi connectivity index (χ1) is 70.4. The van der Waals surface area contributed by atoms with E-state index in [1.807, 2.05) is 377 Å². The molecule has 0 aliphatic carbocycles. The van der Waals surface area contributed by atoms with Crippen LogP contribution in [-0.2, 0) is 12.8 Å². The summed E-state index contributed by atoms with van der Waals surface area (Å²) in [6, 6.07) is 103. The van der Waals surface area contributed by atoms with Gasteiger partial charge in [0, 0.05) is 40.1 Å². The van der Waals surface area contributed by atoms with Crippen LogP contribution in [0, 0.1) is 30.3 Å². The lowest BCUT2D eigenvalue weighted by Crippen LogP contribution is -2.03. The Morgan fingerprint density at radius 3 is 0.882 bits per heavy atom. The fourth-order valence-corrected chi connectivity index (χ4v) is 10.0.